The molecule has 0 heterocycles. The van der Waals surface area contributed by atoms with Gasteiger partial charge >= 0.3 is 0 Å². The molecule has 0 aliphatic carbocycles. The van der Waals surface area contributed by atoms with Gasteiger partial charge in [-0.25, -0.2) is 0 Å². The van der Waals surface area contributed by atoms with E-state index < -0.39 is 0 Å². The van der Waals surface area contributed by atoms with Crippen LogP contribution >= 0.6 is 0 Å². The Morgan fingerprint density at radius 2 is 1.60 bits per heavy atom. The molecule has 58 valence electrons. The van der Waals surface area contributed by atoms with Crippen molar-refractivity contribution in [1.29, 1.82) is 0 Å². The van der Waals surface area contributed by atoms with Crippen molar-refractivity contribution >= 4 is 11.8 Å². The summed E-state index contributed by atoms with van der Waals surface area (Å²) in [5, 5.41) is 0. The molecular formula is C7H13NO2. The standard InChI is InChI=1S/C7H13NO2/c1-4-5-8(6(2)9)7(3)10/h4-5H2,1-3H3. The molecule has 10 heavy (non-hydrogen) atoms. The van der Waals surface area contributed by atoms with Crippen LogP contribution < -0.4 is 0 Å². The van der Waals surface area contributed by atoms with Gasteiger partial charge in [0.2, 0.25) is 11.8 Å². The topological polar surface area (TPSA) is 37.4 Å². The third-order valence-corrected chi connectivity index (χ3v) is 1.21. The Morgan fingerprint density at radius 3 is 1.70 bits per heavy atom. The molecule has 0 unspecified atom stereocenters. The van der Waals surface area contributed by atoms with Crippen molar-refractivity contribution < 1.29 is 9.59 Å². The molecule has 0 aromatic rings. The SMILES string of the molecule is CCCN(C(C)=O)C(C)=O. The maximum atomic E-state index is 10.7. The summed E-state index contributed by atoms with van der Waals surface area (Å²) < 4.78 is 0. The van der Waals surface area contributed by atoms with Crippen LogP contribution in [0.1, 0.15) is 27.2 Å². The lowest BCUT2D eigenvalue weighted by atomic mass is 10.4. The van der Waals surface area contributed by atoms with Gasteiger partial charge in [-0.2, -0.15) is 0 Å². The van der Waals surface area contributed by atoms with Gasteiger partial charge in [0, 0.05) is 20.4 Å². The van der Waals surface area contributed by atoms with Gasteiger partial charge in [0.05, 0.1) is 0 Å². The number of carbonyl (C=O) groups excluding carboxylic acids is 2. The van der Waals surface area contributed by atoms with Gasteiger partial charge in [-0.3, -0.25) is 14.5 Å². The molecule has 0 spiro atoms. The molecule has 0 aliphatic rings. The average Bonchev–Trinajstić information content (AvgIpc) is 1.81. The van der Waals surface area contributed by atoms with E-state index in [1.807, 2.05) is 6.92 Å². The highest BCUT2D eigenvalue weighted by atomic mass is 16.2. The molecule has 0 N–H and O–H groups in total. The molecule has 0 aromatic heterocycles. The number of rotatable bonds is 2. The summed E-state index contributed by atoms with van der Waals surface area (Å²) in [5.41, 5.74) is 0. The minimum Gasteiger partial charge on any atom is -0.283 e. The van der Waals surface area contributed by atoms with E-state index in [0.29, 0.717) is 6.54 Å². The van der Waals surface area contributed by atoms with E-state index in [2.05, 4.69) is 0 Å². The van der Waals surface area contributed by atoms with Gasteiger partial charge in [0.25, 0.3) is 0 Å². The molecule has 0 rings (SSSR count). The summed E-state index contributed by atoms with van der Waals surface area (Å²) in [7, 11) is 0. The van der Waals surface area contributed by atoms with Crippen LogP contribution in [0.3, 0.4) is 0 Å². The Labute approximate surface area is 61.0 Å². The van der Waals surface area contributed by atoms with Crippen molar-refractivity contribution in [3.63, 3.8) is 0 Å². The third kappa shape index (κ3) is 2.62. The number of carbonyl (C=O) groups is 2. The maximum Gasteiger partial charge on any atom is 0.226 e. The van der Waals surface area contributed by atoms with Gasteiger partial charge < -0.3 is 0 Å². The molecule has 0 aliphatic heterocycles. The summed E-state index contributed by atoms with van der Waals surface area (Å²) >= 11 is 0. The third-order valence-electron chi connectivity index (χ3n) is 1.21. The lowest BCUT2D eigenvalue weighted by molar-refractivity contribution is -0.142. The molecule has 0 aromatic carbocycles. The number of imide groups is 1. The molecule has 0 saturated heterocycles. The van der Waals surface area contributed by atoms with Crippen molar-refractivity contribution in [3.8, 4) is 0 Å². The highest BCUT2D eigenvalue weighted by Crippen LogP contribution is 1.92. The van der Waals surface area contributed by atoms with Gasteiger partial charge in [-0.15, -0.1) is 0 Å². The van der Waals surface area contributed by atoms with Crippen LogP contribution in [-0.2, 0) is 9.59 Å². The molecule has 3 nitrogen and oxygen atoms in total. The smallest absolute Gasteiger partial charge is 0.226 e. The quantitative estimate of drug-likeness (QED) is 0.573. The van der Waals surface area contributed by atoms with E-state index in [9.17, 15) is 9.59 Å². The normalized spacial score (nSPS) is 9.10. The zero-order valence-electron chi connectivity index (χ0n) is 6.68. The van der Waals surface area contributed by atoms with E-state index in [-0.39, 0.29) is 11.8 Å². The highest BCUT2D eigenvalue weighted by molar-refractivity contribution is 5.92. The van der Waals surface area contributed by atoms with Gasteiger partial charge in [0.1, 0.15) is 0 Å². The largest absolute Gasteiger partial charge is 0.283 e. The summed E-state index contributed by atoms with van der Waals surface area (Å²) in [6, 6.07) is 0. The van der Waals surface area contributed by atoms with Crippen LogP contribution in [0.25, 0.3) is 0 Å². The van der Waals surface area contributed by atoms with E-state index in [0.717, 1.165) is 6.42 Å². The first-order chi connectivity index (χ1) is 4.59. The maximum absolute atomic E-state index is 10.7. The fraction of sp³-hybridized carbons (Fsp3) is 0.714. The second kappa shape index (κ2) is 4.04. The Kier molecular flexibility index (Phi) is 3.69. The van der Waals surface area contributed by atoms with Gasteiger partial charge in [-0.1, -0.05) is 6.92 Å². The molecule has 2 amide bonds. The molecule has 3 heteroatoms. The molecule has 0 fully saturated rings. The van der Waals surface area contributed by atoms with E-state index >= 15 is 0 Å². The lowest BCUT2D eigenvalue weighted by Gasteiger charge is -2.14. The molecular weight excluding hydrogens is 130 g/mol. The average molecular weight is 143 g/mol. The van der Waals surface area contributed by atoms with Crippen LogP contribution in [0.4, 0.5) is 0 Å². The Bertz CT molecular complexity index is 129. The Balaban J connectivity index is 3.98. The van der Waals surface area contributed by atoms with Gasteiger partial charge in [-0.05, 0) is 6.42 Å². The zero-order chi connectivity index (χ0) is 8.15. The first kappa shape index (κ1) is 9.14. The summed E-state index contributed by atoms with van der Waals surface area (Å²) in [4.78, 5) is 22.6. The summed E-state index contributed by atoms with van der Waals surface area (Å²) in [6.45, 7) is 5.26. The van der Waals surface area contributed by atoms with Crippen LogP contribution in [0.15, 0.2) is 0 Å². The van der Waals surface area contributed by atoms with Crippen molar-refractivity contribution in [2.24, 2.45) is 0 Å². The minimum atomic E-state index is -0.172. The number of hydrogen-bond donors (Lipinski definition) is 0. The lowest BCUT2D eigenvalue weighted by Crippen LogP contribution is -2.33. The van der Waals surface area contributed by atoms with Crippen LogP contribution in [0.5, 0.6) is 0 Å². The fourth-order valence-corrected chi connectivity index (χ4v) is 0.760. The molecule has 0 radical (unpaired) electrons. The van der Waals surface area contributed by atoms with Crippen molar-refractivity contribution in [2.45, 2.75) is 27.2 Å². The molecule has 0 atom stereocenters. The van der Waals surface area contributed by atoms with E-state index in [1.165, 1.54) is 18.7 Å². The first-order valence-corrected chi connectivity index (χ1v) is 3.38. The fourth-order valence-electron chi connectivity index (χ4n) is 0.760. The monoisotopic (exact) mass is 143 g/mol. The minimum absolute atomic E-state index is 0.172. The number of hydrogen-bond acceptors (Lipinski definition) is 2. The Morgan fingerprint density at radius 1 is 1.20 bits per heavy atom. The first-order valence-electron chi connectivity index (χ1n) is 3.38. The van der Waals surface area contributed by atoms with E-state index in [4.69, 9.17) is 0 Å². The highest BCUT2D eigenvalue weighted by Gasteiger charge is 2.10. The predicted molar refractivity (Wildman–Crippen MR) is 38.4 cm³/mol. The summed E-state index contributed by atoms with van der Waals surface area (Å²) in [5.74, 6) is -0.344. The summed E-state index contributed by atoms with van der Waals surface area (Å²) in [6.07, 6.45) is 0.819. The molecule has 0 bridgehead atoms. The molecule has 0 saturated carbocycles. The Hall–Kier alpha value is -0.860. The zero-order valence-corrected chi connectivity index (χ0v) is 6.68. The van der Waals surface area contributed by atoms with Crippen molar-refractivity contribution in [3.05, 3.63) is 0 Å². The van der Waals surface area contributed by atoms with Crippen LogP contribution in [0, 0.1) is 0 Å². The van der Waals surface area contributed by atoms with Gasteiger partial charge in [0.15, 0.2) is 0 Å². The second-order valence-electron chi connectivity index (χ2n) is 2.19. The van der Waals surface area contributed by atoms with E-state index in [1.54, 1.807) is 0 Å². The second-order valence-corrected chi connectivity index (χ2v) is 2.19. The van der Waals surface area contributed by atoms with Crippen molar-refractivity contribution in [1.82, 2.24) is 4.90 Å². The number of nitrogens with zero attached hydrogens (tertiary/aromatic N) is 1. The van der Waals surface area contributed by atoms with Crippen LogP contribution in [-0.4, -0.2) is 23.3 Å². The van der Waals surface area contributed by atoms with Crippen molar-refractivity contribution in [2.75, 3.05) is 6.54 Å². The predicted octanol–water partition coefficient (Wildman–Crippen LogP) is 0.791. The van der Waals surface area contributed by atoms with Crippen LogP contribution in [0.2, 0.25) is 0 Å². The number of amides is 2.